The highest BCUT2D eigenvalue weighted by Gasteiger charge is 2.50. The van der Waals surface area contributed by atoms with Gasteiger partial charge in [-0.15, -0.1) is 0 Å². The second-order valence-electron chi connectivity index (χ2n) is 17.3. The van der Waals surface area contributed by atoms with Crippen molar-refractivity contribution in [2.75, 3.05) is 37.8 Å². The summed E-state index contributed by atoms with van der Waals surface area (Å²) in [6, 6.07) is 0. The summed E-state index contributed by atoms with van der Waals surface area (Å²) in [6.45, 7) is 2.67. The predicted octanol–water partition coefficient (Wildman–Crippen LogP) is 6.15. The van der Waals surface area contributed by atoms with Gasteiger partial charge in [-0.2, -0.15) is 4.31 Å². The molecule has 24 nitrogen and oxygen atoms in total. The molecule has 7 atom stereocenters. The minimum absolute atomic E-state index is 0.0311. The molecule has 3 heterocycles. The molecule has 410 valence electrons. The Bertz CT molecular complexity index is 2340. The van der Waals surface area contributed by atoms with E-state index in [1.165, 1.54) is 13.8 Å². The van der Waals surface area contributed by atoms with Crippen molar-refractivity contribution in [3.8, 4) is 0 Å². The number of carbonyl (C=O) groups excluding carboxylic acids is 3. The minimum Gasteiger partial charge on any atom is -0.386 e. The van der Waals surface area contributed by atoms with Gasteiger partial charge in [0.1, 0.15) is 36.3 Å². The second kappa shape index (κ2) is 32.6. The van der Waals surface area contributed by atoms with E-state index in [4.69, 9.17) is 19.5 Å². The van der Waals surface area contributed by atoms with E-state index in [1.807, 2.05) is 0 Å². The third kappa shape index (κ3) is 25.1. The van der Waals surface area contributed by atoms with E-state index in [-0.39, 0.29) is 41.6 Å². The Balaban J connectivity index is 1.25. The first-order valence-electron chi connectivity index (χ1n) is 23.9. The summed E-state index contributed by atoms with van der Waals surface area (Å²) < 4.78 is 62.5. The molecule has 0 bridgehead atoms. The van der Waals surface area contributed by atoms with Crippen molar-refractivity contribution < 1.29 is 80.5 Å². The van der Waals surface area contributed by atoms with Gasteiger partial charge >= 0.3 is 23.5 Å². The number of amides is 2. The molecule has 0 aromatic carbocycles. The van der Waals surface area contributed by atoms with Crippen LogP contribution in [-0.4, -0.2) is 123 Å². The van der Waals surface area contributed by atoms with E-state index in [9.17, 15) is 57.9 Å². The summed E-state index contributed by atoms with van der Waals surface area (Å²) in [5, 5.41) is 26.7. The van der Waals surface area contributed by atoms with Crippen molar-refractivity contribution in [1.82, 2.24) is 30.2 Å². The molecule has 0 spiro atoms. The fourth-order valence-electron chi connectivity index (χ4n) is 6.80. The fraction of sp³-hybridized carbons (Fsp3) is 0.600. The zero-order chi connectivity index (χ0) is 53.9. The smallest absolute Gasteiger partial charge is 0.386 e. The van der Waals surface area contributed by atoms with E-state index >= 15 is 0 Å². The van der Waals surface area contributed by atoms with Crippen LogP contribution in [0.25, 0.3) is 11.2 Å². The first kappa shape index (κ1) is 63.6. The third-order valence-electron chi connectivity index (χ3n) is 10.7. The Morgan fingerprint density at radius 1 is 0.836 bits per heavy atom. The SMILES string of the molecule is CCC=CCC=CCC=CCC=CCC=CCCCCCCCC(=O)SCCNC(=O)CCNC(=O)C(O)C(C)(C)COP(=O)(O)OP(=O)(O)OCC1OC(n2cnc3c(N)ncnc32)C(O)C1OP(=O)(O)O. The summed E-state index contributed by atoms with van der Waals surface area (Å²) >= 11 is 1.14. The molecule has 1 aliphatic rings. The maximum atomic E-state index is 12.8. The fourth-order valence-corrected chi connectivity index (χ4v) is 10.3. The number of nitrogens with two attached hydrogens (primary N) is 1. The van der Waals surface area contributed by atoms with Crippen molar-refractivity contribution in [3.63, 3.8) is 0 Å². The Labute approximate surface area is 429 Å². The number of ether oxygens (including phenoxy) is 1. The van der Waals surface area contributed by atoms with Crippen molar-refractivity contribution in [2.45, 2.75) is 135 Å². The molecule has 73 heavy (non-hydrogen) atoms. The van der Waals surface area contributed by atoms with Crippen LogP contribution in [0.3, 0.4) is 0 Å². The van der Waals surface area contributed by atoms with Crippen molar-refractivity contribution >= 4 is 69.1 Å². The molecule has 0 aliphatic carbocycles. The molecule has 0 radical (unpaired) electrons. The van der Waals surface area contributed by atoms with Crippen molar-refractivity contribution in [3.05, 3.63) is 73.4 Å². The Kier molecular flexibility index (Phi) is 28.4. The quantitative estimate of drug-likeness (QED) is 0.0210. The molecular weight excluding hydrogens is 1040 g/mol. The first-order chi connectivity index (χ1) is 34.6. The van der Waals surface area contributed by atoms with E-state index in [0.29, 0.717) is 12.2 Å². The maximum Gasteiger partial charge on any atom is 0.481 e. The average molecular weight is 1110 g/mol. The number of carbonyl (C=O) groups is 3. The summed E-state index contributed by atoms with van der Waals surface area (Å²) in [5.41, 5.74) is 4.28. The third-order valence-corrected chi connectivity index (χ3v) is 14.7. The van der Waals surface area contributed by atoms with Gasteiger partial charge in [0.25, 0.3) is 0 Å². The highest BCUT2D eigenvalue weighted by Crippen LogP contribution is 2.61. The average Bonchev–Trinajstić information content (AvgIpc) is 3.88. The largest absolute Gasteiger partial charge is 0.481 e. The summed E-state index contributed by atoms with van der Waals surface area (Å²) in [7, 11) is -16.4. The highest BCUT2D eigenvalue weighted by molar-refractivity contribution is 8.13. The molecule has 3 rings (SSSR count). The topological polar surface area (TPSA) is 364 Å². The Morgan fingerprint density at radius 2 is 1.44 bits per heavy atom. The number of allylic oxidation sites excluding steroid dienone is 10. The van der Waals surface area contributed by atoms with Crippen molar-refractivity contribution in [2.24, 2.45) is 5.41 Å². The van der Waals surface area contributed by atoms with E-state index in [1.54, 1.807) is 0 Å². The van der Waals surface area contributed by atoms with E-state index in [0.717, 1.165) is 99.6 Å². The summed E-state index contributed by atoms with van der Waals surface area (Å²) in [5.74, 6) is -1.06. The monoisotopic (exact) mass is 1110 g/mol. The molecule has 0 saturated carbocycles. The summed E-state index contributed by atoms with van der Waals surface area (Å²) in [6.07, 6.45) is 26.4. The zero-order valence-corrected chi connectivity index (χ0v) is 44.8. The molecule has 2 amide bonds. The number of aliphatic hydroxyl groups excluding tert-OH is 2. The highest BCUT2D eigenvalue weighted by atomic mass is 32.2. The normalized spacial score (nSPS) is 20.0. The van der Waals surface area contributed by atoms with Crippen LogP contribution in [0.15, 0.2) is 73.4 Å². The van der Waals surface area contributed by atoms with Gasteiger partial charge in [0.15, 0.2) is 22.8 Å². The Morgan fingerprint density at radius 3 is 2.08 bits per heavy atom. The number of anilines is 1. The van der Waals surface area contributed by atoms with Crippen LogP contribution in [0.2, 0.25) is 0 Å². The zero-order valence-electron chi connectivity index (χ0n) is 41.3. The maximum absolute atomic E-state index is 12.8. The van der Waals surface area contributed by atoms with E-state index in [2.05, 4.69) is 102 Å². The van der Waals surface area contributed by atoms with Crippen LogP contribution in [0.5, 0.6) is 0 Å². The van der Waals surface area contributed by atoms with Crippen LogP contribution in [0.1, 0.15) is 110 Å². The van der Waals surface area contributed by atoms with Crippen LogP contribution < -0.4 is 16.4 Å². The lowest BCUT2D eigenvalue weighted by atomic mass is 9.87. The van der Waals surface area contributed by atoms with E-state index < -0.39 is 84.6 Å². The van der Waals surface area contributed by atoms with Gasteiger partial charge < -0.3 is 50.9 Å². The molecule has 1 saturated heterocycles. The number of nitrogen functional groups attached to an aromatic ring is 1. The number of imidazole rings is 1. The number of phosphoric ester groups is 3. The number of nitrogens with zero attached hydrogens (tertiary/aromatic N) is 4. The van der Waals surface area contributed by atoms with Gasteiger partial charge in [0.05, 0.1) is 19.5 Å². The standard InChI is InChI=1S/C45H72N7O17P3S/c1-4-5-6-7-8-9-10-11-12-13-14-15-16-17-18-19-20-21-22-23-24-25-36(54)73-29-28-47-35(53)26-27-48-43(57)40(56)45(2,3)31-66-72(63,64)69-71(61,62)65-30-34-39(68-70(58,59)60)38(55)44(67-34)52-33-51-37-41(46)49-32-50-42(37)52/h5-6,8-9,11-12,14-15,17-18,32-34,38-40,44,55-56H,4,7,10,13,16,19-31H2,1-3H3,(H,47,53)(H,48,57)(H,61,62)(H,63,64)(H2,46,49,50)(H2,58,59,60). The molecule has 1 fully saturated rings. The predicted molar refractivity (Wildman–Crippen MR) is 274 cm³/mol. The molecular formula is C45H72N7O17P3S. The lowest BCUT2D eigenvalue weighted by Crippen LogP contribution is -2.46. The minimum atomic E-state index is -5.58. The number of hydrogen-bond acceptors (Lipinski definition) is 18. The number of phosphoric acid groups is 3. The lowest BCUT2D eigenvalue weighted by Gasteiger charge is -2.30. The molecule has 2 aromatic rings. The van der Waals surface area contributed by atoms with Crippen LogP contribution in [-0.2, 0) is 50.7 Å². The molecule has 10 N–H and O–H groups in total. The van der Waals surface area contributed by atoms with Crippen molar-refractivity contribution in [1.29, 1.82) is 0 Å². The van der Waals surface area contributed by atoms with Crippen LogP contribution >= 0.6 is 35.2 Å². The van der Waals surface area contributed by atoms with Crippen LogP contribution in [0.4, 0.5) is 5.82 Å². The molecule has 28 heteroatoms. The van der Waals surface area contributed by atoms with Gasteiger partial charge in [-0.1, -0.05) is 113 Å². The number of thioether (sulfide) groups is 1. The number of aromatic nitrogens is 4. The number of rotatable bonds is 36. The number of nitrogens with one attached hydrogen (secondary N) is 2. The number of fused-ring (bicyclic) bond motifs is 1. The summed E-state index contributed by atoms with van der Waals surface area (Å²) in [4.78, 5) is 88.5. The molecule has 2 aromatic heterocycles. The first-order valence-corrected chi connectivity index (χ1v) is 29.4. The van der Waals surface area contributed by atoms with Gasteiger partial charge in [-0.3, -0.25) is 32.5 Å². The van der Waals surface area contributed by atoms with Gasteiger partial charge in [-0.25, -0.2) is 28.6 Å². The second-order valence-corrected chi connectivity index (χ2v) is 22.7. The molecule has 7 unspecified atom stereocenters. The van der Waals surface area contributed by atoms with Gasteiger partial charge in [0, 0.05) is 37.1 Å². The number of hydrogen-bond donors (Lipinski definition) is 9. The van der Waals surface area contributed by atoms with Gasteiger partial charge in [-0.05, 0) is 51.4 Å². The molecule has 1 aliphatic heterocycles. The Hall–Kier alpha value is -3.74. The number of unbranched alkanes of at least 4 members (excludes halogenated alkanes) is 5. The van der Waals surface area contributed by atoms with Gasteiger partial charge in [0.2, 0.25) is 11.8 Å². The number of aliphatic hydroxyl groups is 2. The van der Waals surface area contributed by atoms with Crippen LogP contribution in [0, 0.1) is 5.41 Å². The lowest BCUT2D eigenvalue weighted by molar-refractivity contribution is -0.137.